The van der Waals surface area contributed by atoms with Gasteiger partial charge in [0.15, 0.2) is 6.73 Å². The molecule has 5 amide bonds. The number of nitrogens with zero attached hydrogens (tertiary/aromatic N) is 4. The number of imide groups is 2. The fraction of sp³-hybridized carbons (Fsp3) is 0.581. The minimum Gasteiger partial charge on any atom is -0.481 e. The Morgan fingerprint density at radius 1 is 0.891 bits per heavy atom. The number of likely N-dealkylation sites (tertiary alicyclic amines) is 2. The Balaban J connectivity index is 1.21. The highest BCUT2D eigenvalue weighted by molar-refractivity contribution is 6.23. The summed E-state index contributed by atoms with van der Waals surface area (Å²) in [7, 11) is 0. The standard InChI is InChI=1S/C31H37FN4O10/c1-31(2,3)46-30(44)34-12-8-18(9-13-34)29(43)45-16-35-24(37)5-4-22(27(35)40)36-25(38)19-14-21(32)23(15-20(19)26(36)39)33-10-6-17(7-11-33)28(41)42/h14-15,17-18,22H,4-13,16H2,1-3H3,(H,41,42). The molecule has 14 nitrogen and oxygen atoms in total. The number of benzene rings is 1. The van der Waals surface area contributed by atoms with Gasteiger partial charge in [-0.25, -0.2) is 14.1 Å². The predicted molar refractivity (Wildman–Crippen MR) is 156 cm³/mol. The summed E-state index contributed by atoms with van der Waals surface area (Å²) < 4.78 is 25.8. The van der Waals surface area contributed by atoms with Gasteiger partial charge in [0, 0.05) is 32.6 Å². The van der Waals surface area contributed by atoms with Crippen molar-refractivity contribution in [1.29, 1.82) is 0 Å². The number of carboxylic acid groups (broad SMARTS) is 1. The van der Waals surface area contributed by atoms with Gasteiger partial charge >= 0.3 is 18.0 Å². The number of aliphatic carboxylic acids is 1. The van der Waals surface area contributed by atoms with Crippen LogP contribution in [0.3, 0.4) is 0 Å². The van der Waals surface area contributed by atoms with Crippen molar-refractivity contribution in [2.24, 2.45) is 11.8 Å². The quantitative estimate of drug-likeness (QED) is 0.356. The van der Waals surface area contributed by atoms with E-state index in [0.717, 1.165) is 11.0 Å². The Kier molecular flexibility index (Phi) is 9.05. The number of halogens is 1. The molecule has 248 valence electrons. The van der Waals surface area contributed by atoms with E-state index in [2.05, 4.69) is 0 Å². The van der Waals surface area contributed by atoms with Gasteiger partial charge in [-0.15, -0.1) is 0 Å². The maximum Gasteiger partial charge on any atom is 0.410 e. The second kappa shape index (κ2) is 12.7. The van der Waals surface area contributed by atoms with Crippen LogP contribution in [0.5, 0.6) is 0 Å². The number of carbonyl (C=O) groups is 7. The molecule has 0 aliphatic carbocycles. The number of hydrogen-bond donors (Lipinski definition) is 1. The maximum atomic E-state index is 15.2. The summed E-state index contributed by atoms with van der Waals surface area (Å²) in [6.07, 6.45) is 0.356. The summed E-state index contributed by atoms with van der Waals surface area (Å²) in [6.45, 7) is 5.59. The van der Waals surface area contributed by atoms with Crippen LogP contribution in [0.2, 0.25) is 0 Å². The lowest BCUT2D eigenvalue weighted by molar-refractivity contribution is -0.166. The number of carbonyl (C=O) groups excluding carboxylic acids is 6. The van der Waals surface area contributed by atoms with Crippen molar-refractivity contribution in [3.63, 3.8) is 0 Å². The first-order valence-electron chi connectivity index (χ1n) is 15.3. The molecule has 0 aromatic heterocycles. The molecule has 15 heteroatoms. The maximum absolute atomic E-state index is 15.2. The lowest BCUT2D eigenvalue weighted by atomic mass is 9.96. The van der Waals surface area contributed by atoms with Gasteiger partial charge < -0.3 is 24.4 Å². The molecule has 0 spiro atoms. The summed E-state index contributed by atoms with van der Waals surface area (Å²) in [6, 6.07) is 0.831. The third-order valence-corrected chi connectivity index (χ3v) is 8.78. The average molecular weight is 645 g/mol. The van der Waals surface area contributed by atoms with Crippen LogP contribution < -0.4 is 4.90 Å². The van der Waals surface area contributed by atoms with E-state index in [-0.39, 0.29) is 55.8 Å². The molecule has 0 bridgehead atoms. The molecule has 5 rings (SSSR count). The van der Waals surface area contributed by atoms with E-state index in [0.29, 0.717) is 30.6 Å². The van der Waals surface area contributed by atoms with Gasteiger partial charge in [0.25, 0.3) is 17.7 Å². The van der Waals surface area contributed by atoms with Crippen molar-refractivity contribution in [2.75, 3.05) is 37.8 Å². The second-order valence-electron chi connectivity index (χ2n) is 13.0. The van der Waals surface area contributed by atoms with Crippen LogP contribution >= 0.6 is 0 Å². The molecule has 1 N–H and O–H groups in total. The molecule has 0 saturated carbocycles. The van der Waals surface area contributed by atoms with E-state index < -0.39 is 77.7 Å². The van der Waals surface area contributed by atoms with Gasteiger partial charge in [-0.2, -0.15) is 0 Å². The van der Waals surface area contributed by atoms with Crippen LogP contribution in [0.1, 0.15) is 80.0 Å². The first-order valence-corrected chi connectivity index (χ1v) is 15.3. The Hall–Kier alpha value is -4.56. The Morgan fingerprint density at radius 2 is 1.48 bits per heavy atom. The first kappa shape index (κ1) is 32.8. The van der Waals surface area contributed by atoms with Crippen molar-refractivity contribution in [1.82, 2.24) is 14.7 Å². The summed E-state index contributed by atoms with van der Waals surface area (Å²) in [5.41, 5.74) is -0.914. The third kappa shape index (κ3) is 6.53. The number of piperidine rings is 3. The zero-order valence-corrected chi connectivity index (χ0v) is 26.0. The largest absolute Gasteiger partial charge is 0.481 e. The third-order valence-electron chi connectivity index (χ3n) is 8.78. The monoisotopic (exact) mass is 644 g/mol. The van der Waals surface area contributed by atoms with Crippen LogP contribution in [0.15, 0.2) is 12.1 Å². The van der Waals surface area contributed by atoms with Crippen LogP contribution in [0, 0.1) is 17.7 Å². The van der Waals surface area contributed by atoms with Gasteiger partial charge in [0.1, 0.15) is 17.5 Å². The number of rotatable bonds is 6. The molecule has 3 fully saturated rings. The van der Waals surface area contributed by atoms with Crippen LogP contribution in [-0.2, 0) is 28.7 Å². The summed E-state index contributed by atoms with van der Waals surface area (Å²) in [5, 5.41) is 9.25. The smallest absolute Gasteiger partial charge is 0.410 e. The minimum absolute atomic E-state index is 0.0567. The molecule has 4 aliphatic rings. The van der Waals surface area contributed by atoms with Crippen LogP contribution in [0.4, 0.5) is 14.9 Å². The van der Waals surface area contributed by atoms with Gasteiger partial charge in [-0.1, -0.05) is 0 Å². The highest BCUT2D eigenvalue weighted by atomic mass is 19.1. The molecule has 1 unspecified atom stereocenters. The zero-order chi connectivity index (χ0) is 33.5. The highest BCUT2D eigenvalue weighted by Gasteiger charge is 2.48. The van der Waals surface area contributed by atoms with Crippen LogP contribution in [-0.4, -0.2) is 106 Å². The van der Waals surface area contributed by atoms with E-state index >= 15 is 4.39 Å². The number of amides is 5. The number of anilines is 1. The predicted octanol–water partition coefficient (Wildman–Crippen LogP) is 2.39. The second-order valence-corrected chi connectivity index (χ2v) is 13.0. The summed E-state index contributed by atoms with van der Waals surface area (Å²) in [4.78, 5) is 93.8. The topological polar surface area (TPSA) is 171 Å². The number of hydrogen-bond acceptors (Lipinski definition) is 10. The lowest BCUT2D eigenvalue weighted by Gasteiger charge is -2.35. The molecule has 0 radical (unpaired) electrons. The van der Waals surface area contributed by atoms with Crippen LogP contribution in [0.25, 0.3) is 0 Å². The Bertz CT molecular complexity index is 1470. The van der Waals surface area contributed by atoms with Gasteiger partial charge in [-0.05, 0) is 65.0 Å². The normalized spacial score (nSPS) is 21.5. The first-order chi connectivity index (χ1) is 21.7. The lowest BCUT2D eigenvalue weighted by Crippen LogP contribution is -2.56. The fourth-order valence-corrected chi connectivity index (χ4v) is 6.23. The van der Waals surface area contributed by atoms with Crippen molar-refractivity contribution < 1.29 is 52.5 Å². The van der Waals surface area contributed by atoms with Crippen molar-refractivity contribution in [2.45, 2.75) is 70.9 Å². The molecule has 1 aromatic rings. The van der Waals surface area contributed by atoms with E-state index in [1.54, 1.807) is 25.7 Å². The molecular formula is C31H37FN4O10. The molecule has 1 atom stereocenters. The number of esters is 1. The number of carboxylic acids is 1. The average Bonchev–Trinajstić information content (AvgIpc) is 3.24. The highest BCUT2D eigenvalue weighted by Crippen LogP contribution is 2.35. The van der Waals surface area contributed by atoms with E-state index in [1.165, 1.54) is 11.0 Å². The SMILES string of the molecule is CC(C)(C)OC(=O)N1CCC(C(=O)OCN2C(=O)CCC(N3C(=O)c4cc(F)c(N5CCC(C(=O)O)CC5)cc4C3=O)C2=O)CC1. The van der Waals surface area contributed by atoms with Gasteiger partial charge in [0.05, 0.1) is 28.7 Å². The molecule has 4 aliphatic heterocycles. The molecule has 46 heavy (non-hydrogen) atoms. The Labute approximate surface area is 264 Å². The zero-order valence-electron chi connectivity index (χ0n) is 26.0. The van der Waals surface area contributed by atoms with E-state index in [1.807, 2.05) is 0 Å². The fourth-order valence-electron chi connectivity index (χ4n) is 6.23. The summed E-state index contributed by atoms with van der Waals surface area (Å²) in [5.74, 6) is -6.68. The molecular weight excluding hydrogens is 607 g/mol. The Morgan fingerprint density at radius 3 is 2.07 bits per heavy atom. The minimum atomic E-state index is -1.36. The molecule has 3 saturated heterocycles. The molecule has 1 aromatic carbocycles. The van der Waals surface area contributed by atoms with Crippen molar-refractivity contribution in [3.8, 4) is 0 Å². The number of fused-ring (bicyclic) bond motifs is 1. The molecule has 4 heterocycles. The van der Waals surface area contributed by atoms with Crippen molar-refractivity contribution in [3.05, 3.63) is 29.1 Å². The number of ether oxygens (including phenoxy) is 2. The van der Waals surface area contributed by atoms with Gasteiger partial charge in [-0.3, -0.25) is 33.7 Å². The van der Waals surface area contributed by atoms with Crippen molar-refractivity contribution >= 4 is 47.3 Å². The van der Waals surface area contributed by atoms with E-state index in [9.17, 15) is 38.7 Å². The summed E-state index contributed by atoms with van der Waals surface area (Å²) >= 11 is 0. The van der Waals surface area contributed by atoms with Gasteiger partial charge in [0.2, 0.25) is 5.91 Å². The van der Waals surface area contributed by atoms with E-state index in [4.69, 9.17) is 9.47 Å².